The topological polar surface area (TPSA) is 85.9 Å². The van der Waals surface area contributed by atoms with E-state index in [1.54, 1.807) is 11.6 Å². The number of non-ortho nitro benzene ring substituents is 1. The van der Waals surface area contributed by atoms with Crippen LogP contribution in [0.25, 0.3) is 0 Å². The quantitative estimate of drug-likeness (QED) is 0.657. The highest BCUT2D eigenvalue weighted by Crippen LogP contribution is 2.20. The van der Waals surface area contributed by atoms with Gasteiger partial charge in [0, 0.05) is 18.8 Å². The standard InChI is InChI=1S/C10H10FN5O2/c1-15-6-13-14-10(15)5-12-8-2-7(11)3-9(4-8)16(17)18/h2-4,6,12H,5H2,1H3. The molecule has 0 fully saturated rings. The fourth-order valence-electron chi connectivity index (χ4n) is 1.43. The number of anilines is 1. The van der Waals surface area contributed by atoms with Gasteiger partial charge in [-0.3, -0.25) is 10.1 Å². The Morgan fingerprint density at radius 2 is 2.28 bits per heavy atom. The van der Waals surface area contributed by atoms with Crippen molar-refractivity contribution in [2.75, 3.05) is 5.32 Å². The van der Waals surface area contributed by atoms with E-state index in [-0.39, 0.29) is 5.69 Å². The first kappa shape index (κ1) is 12.0. The number of aromatic nitrogens is 3. The monoisotopic (exact) mass is 251 g/mol. The third-order valence-electron chi connectivity index (χ3n) is 2.35. The first-order chi connectivity index (χ1) is 8.56. The summed E-state index contributed by atoms with van der Waals surface area (Å²) in [4.78, 5) is 9.93. The molecule has 0 saturated heterocycles. The summed E-state index contributed by atoms with van der Waals surface area (Å²) in [5, 5.41) is 21.0. The van der Waals surface area contributed by atoms with Crippen molar-refractivity contribution in [3.8, 4) is 0 Å². The van der Waals surface area contributed by atoms with Crippen molar-refractivity contribution in [2.45, 2.75) is 6.54 Å². The van der Waals surface area contributed by atoms with E-state index in [4.69, 9.17) is 0 Å². The maximum Gasteiger partial charge on any atom is 0.274 e. The predicted octanol–water partition coefficient (Wildman–Crippen LogP) is 1.47. The van der Waals surface area contributed by atoms with E-state index in [1.165, 1.54) is 18.5 Å². The van der Waals surface area contributed by atoms with Gasteiger partial charge in [0.25, 0.3) is 5.69 Å². The molecule has 0 saturated carbocycles. The molecule has 8 heteroatoms. The van der Waals surface area contributed by atoms with Crippen LogP contribution in [0.1, 0.15) is 5.82 Å². The van der Waals surface area contributed by atoms with Crippen molar-refractivity contribution in [1.82, 2.24) is 14.8 Å². The smallest absolute Gasteiger partial charge is 0.274 e. The van der Waals surface area contributed by atoms with E-state index in [0.717, 1.165) is 6.07 Å². The first-order valence-electron chi connectivity index (χ1n) is 5.08. The van der Waals surface area contributed by atoms with Crippen molar-refractivity contribution in [3.05, 3.63) is 46.3 Å². The van der Waals surface area contributed by atoms with Crippen molar-refractivity contribution >= 4 is 11.4 Å². The van der Waals surface area contributed by atoms with Crippen molar-refractivity contribution in [1.29, 1.82) is 0 Å². The minimum atomic E-state index is -0.662. The second-order valence-corrected chi connectivity index (χ2v) is 3.67. The van der Waals surface area contributed by atoms with Crippen LogP contribution in [0.4, 0.5) is 15.8 Å². The summed E-state index contributed by atoms with van der Waals surface area (Å²) in [5.74, 6) is -0.0217. The SMILES string of the molecule is Cn1cnnc1CNc1cc(F)cc([N+](=O)[O-])c1. The fraction of sp³-hybridized carbons (Fsp3) is 0.200. The molecule has 2 rings (SSSR count). The third-order valence-corrected chi connectivity index (χ3v) is 2.35. The van der Waals surface area contributed by atoms with Gasteiger partial charge in [-0.15, -0.1) is 10.2 Å². The molecule has 0 radical (unpaired) electrons. The Bertz CT molecular complexity index is 583. The maximum atomic E-state index is 13.2. The highest BCUT2D eigenvalue weighted by molar-refractivity contribution is 5.51. The number of nitrogens with one attached hydrogen (secondary N) is 1. The second kappa shape index (κ2) is 4.78. The highest BCUT2D eigenvalue weighted by atomic mass is 19.1. The molecule has 0 atom stereocenters. The number of nitro benzene ring substituents is 1. The Morgan fingerprint density at radius 3 is 2.89 bits per heavy atom. The van der Waals surface area contributed by atoms with Crippen LogP contribution in [-0.2, 0) is 13.6 Å². The van der Waals surface area contributed by atoms with Crippen LogP contribution < -0.4 is 5.32 Å². The van der Waals surface area contributed by atoms with Crippen LogP contribution in [0.15, 0.2) is 24.5 Å². The Hall–Kier alpha value is -2.51. The van der Waals surface area contributed by atoms with Crippen LogP contribution >= 0.6 is 0 Å². The van der Waals surface area contributed by atoms with E-state index in [2.05, 4.69) is 15.5 Å². The van der Waals surface area contributed by atoms with Gasteiger partial charge < -0.3 is 9.88 Å². The summed E-state index contributed by atoms with van der Waals surface area (Å²) in [6.07, 6.45) is 1.53. The Morgan fingerprint density at radius 1 is 1.50 bits per heavy atom. The molecule has 94 valence electrons. The molecule has 18 heavy (non-hydrogen) atoms. The van der Waals surface area contributed by atoms with E-state index < -0.39 is 10.7 Å². The molecular formula is C10H10FN5O2. The van der Waals surface area contributed by atoms with Gasteiger partial charge in [-0.2, -0.15) is 0 Å². The number of hydrogen-bond acceptors (Lipinski definition) is 5. The maximum absolute atomic E-state index is 13.2. The number of rotatable bonds is 4. The Labute approximate surface area is 101 Å². The first-order valence-corrected chi connectivity index (χ1v) is 5.08. The van der Waals surface area contributed by atoms with E-state index in [9.17, 15) is 14.5 Å². The van der Waals surface area contributed by atoms with Crippen LogP contribution in [0.2, 0.25) is 0 Å². The van der Waals surface area contributed by atoms with Crippen LogP contribution in [0.3, 0.4) is 0 Å². The molecular weight excluding hydrogens is 241 g/mol. The predicted molar refractivity (Wildman–Crippen MR) is 61.4 cm³/mol. The number of hydrogen-bond donors (Lipinski definition) is 1. The number of benzene rings is 1. The molecule has 1 N–H and O–H groups in total. The van der Waals surface area contributed by atoms with Gasteiger partial charge in [-0.1, -0.05) is 0 Å². The molecule has 2 aromatic rings. The van der Waals surface area contributed by atoms with Crippen LogP contribution in [-0.4, -0.2) is 19.7 Å². The Kier molecular flexibility index (Phi) is 3.18. The summed E-state index contributed by atoms with van der Waals surface area (Å²) < 4.78 is 14.9. The second-order valence-electron chi connectivity index (χ2n) is 3.67. The van der Waals surface area contributed by atoms with Gasteiger partial charge >= 0.3 is 0 Å². The summed E-state index contributed by atoms with van der Waals surface area (Å²) in [5.41, 5.74) is 0.0279. The summed E-state index contributed by atoms with van der Waals surface area (Å²) in [7, 11) is 1.77. The molecule has 0 aliphatic rings. The van der Waals surface area contributed by atoms with Crippen molar-refractivity contribution in [2.24, 2.45) is 7.05 Å². The van der Waals surface area contributed by atoms with E-state index in [0.29, 0.717) is 18.1 Å². The molecule has 0 spiro atoms. The molecule has 1 aromatic heterocycles. The largest absolute Gasteiger partial charge is 0.377 e. The number of aryl methyl sites for hydroxylation is 1. The average Bonchev–Trinajstić information content (AvgIpc) is 2.71. The molecule has 0 unspecified atom stereocenters. The zero-order valence-corrected chi connectivity index (χ0v) is 9.50. The molecule has 0 aliphatic heterocycles. The minimum absolute atomic E-state index is 0.296. The lowest BCUT2D eigenvalue weighted by molar-refractivity contribution is -0.385. The van der Waals surface area contributed by atoms with Crippen LogP contribution in [0.5, 0.6) is 0 Å². The number of halogens is 1. The zero-order chi connectivity index (χ0) is 13.1. The van der Waals surface area contributed by atoms with Gasteiger partial charge in [-0.25, -0.2) is 4.39 Å². The average molecular weight is 251 g/mol. The summed E-state index contributed by atoms with van der Waals surface area (Å²) >= 11 is 0. The molecule has 1 heterocycles. The van der Waals surface area contributed by atoms with E-state index in [1.807, 2.05) is 0 Å². The van der Waals surface area contributed by atoms with E-state index >= 15 is 0 Å². The minimum Gasteiger partial charge on any atom is -0.377 e. The molecule has 0 amide bonds. The summed E-state index contributed by atoms with van der Waals surface area (Å²) in [6.45, 7) is 0.303. The fourth-order valence-corrected chi connectivity index (χ4v) is 1.43. The van der Waals surface area contributed by atoms with Gasteiger partial charge in [0.05, 0.1) is 17.5 Å². The molecule has 1 aromatic carbocycles. The molecule has 0 bridgehead atoms. The van der Waals surface area contributed by atoms with Crippen LogP contribution in [0, 0.1) is 15.9 Å². The summed E-state index contributed by atoms with van der Waals surface area (Å²) in [6, 6.07) is 3.32. The molecule has 7 nitrogen and oxygen atoms in total. The van der Waals surface area contributed by atoms with Gasteiger partial charge in [0.1, 0.15) is 12.1 Å². The van der Waals surface area contributed by atoms with Gasteiger partial charge in [-0.05, 0) is 6.07 Å². The lowest BCUT2D eigenvalue weighted by Gasteiger charge is -2.05. The normalized spacial score (nSPS) is 10.3. The third kappa shape index (κ3) is 2.59. The van der Waals surface area contributed by atoms with Crippen molar-refractivity contribution in [3.63, 3.8) is 0 Å². The molecule has 0 aliphatic carbocycles. The number of nitro groups is 1. The number of nitrogens with zero attached hydrogens (tertiary/aromatic N) is 4. The lowest BCUT2D eigenvalue weighted by Crippen LogP contribution is -2.06. The zero-order valence-electron chi connectivity index (χ0n) is 9.50. The van der Waals surface area contributed by atoms with Crippen molar-refractivity contribution < 1.29 is 9.31 Å². The highest BCUT2D eigenvalue weighted by Gasteiger charge is 2.10. The Balaban J connectivity index is 2.14. The van der Waals surface area contributed by atoms with Gasteiger partial charge in [0.2, 0.25) is 0 Å². The van der Waals surface area contributed by atoms with Gasteiger partial charge in [0.15, 0.2) is 5.82 Å². The lowest BCUT2D eigenvalue weighted by atomic mass is 10.2.